The Hall–Kier alpha value is -3.23. The van der Waals surface area contributed by atoms with Crippen molar-refractivity contribution in [3.63, 3.8) is 0 Å². The predicted octanol–water partition coefficient (Wildman–Crippen LogP) is 1.09. The van der Waals surface area contributed by atoms with E-state index < -0.39 is 18.0 Å². The topological polar surface area (TPSA) is 107 Å². The number of hydrogen-bond acceptors (Lipinski definition) is 4. The average molecular weight is 371 g/mol. The van der Waals surface area contributed by atoms with E-state index in [2.05, 4.69) is 20.6 Å². The first-order valence-corrected chi connectivity index (χ1v) is 8.72. The van der Waals surface area contributed by atoms with Crippen LogP contribution in [0.25, 0.3) is 11.4 Å². The van der Waals surface area contributed by atoms with Gasteiger partial charge in [-0.2, -0.15) is 0 Å². The van der Waals surface area contributed by atoms with E-state index in [-0.39, 0.29) is 24.6 Å². The molecule has 0 unspecified atom stereocenters. The van der Waals surface area contributed by atoms with Crippen molar-refractivity contribution in [3.05, 3.63) is 41.5 Å². The molecule has 0 spiro atoms. The van der Waals surface area contributed by atoms with Gasteiger partial charge in [-0.05, 0) is 18.6 Å². The van der Waals surface area contributed by atoms with Gasteiger partial charge < -0.3 is 15.2 Å². The van der Waals surface area contributed by atoms with Gasteiger partial charge in [0.2, 0.25) is 11.8 Å². The number of imide groups is 1. The van der Waals surface area contributed by atoms with Crippen LogP contribution in [0.1, 0.15) is 24.2 Å². The molecule has 2 aliphatic heterocycles. The van der Waals surface area contributed by atoms with Crippen LogP contribution < -0.4 is 10.6 Å². The Morgan fingerprint density at radius 2 is 2.11 bits per heavy atom. The van der Waals surface area contributed by atoms with E-state index in [1.165, 1.54) is 12.1 Å². The lowest BCUT2D eigenvalue weighted by Gasteiger charge is -2.29. The van der Waals surface area contributed by atoms with Crippen molar-refractivity contribution in [2.24, 2.45) is 0 Å². The van der Waals surface area contributed by atoms with E-state index in [1.807, 2.05) is 0 Å². The molecule has 0 saturated carbocycles. The van der Waals surface area contributed by atoms with Crippen LogP contribution in [-0.4, -0.2) is 45.3 Å². The Balaban J connectivity index is 1.50. The highest BCUT2D eigenvalue weighted by Gasteiger charge is 2.32. The second-order valence-electron chi connectivity index (χ2n) is 6.64. The standard InChI is InChI=1S/C18H18FN5O3/c19-11-3-1-2-10(8-11)16-20-12-6-7-24(9-14(12)21-16)17(26)13-4-5-15(25)23-18(27)22-13/h1-3,8,13H,4-7,9H2,(H,20,21)(H2,22,23,25,27)/t13-/m1/s1. The molecule has 2 aliphatic rings. The second-order valence-corrected chi connectivity index (χ2v) is 6.64. The molecule has 1 atom stereocenters. The summed E-state index contributed by atoms with van der Waals surface area (Å²) >= 11 is 0. The molecule has 1 saturated heterocycles. The molecule has 3 N–H and O–H groups in total. The Bertz CT molecular complexity index is 925. The molecule has 0 aliphatic carbocycles. The molecule has 1 fully saturated rings. The van der Waals surface area contributed by atoms with Crippen molar-refractivity contribution in [1.82, 2.24) is 25.5 Å². The van der Waals surface area contributed by atoms with Crippen molar-refractivity contribution in [1.29, 1.82) is 0 Å². The maximum atomic E-state index is 13.4. The van der Waals surface area contributed by atoms with E-state index in [1.54, 1.807) is 17.0 Å². The van der Waals surface area contributed by atoms with Crippen molar-refractivity contribution >= 4 is 17.8 Å². The highest BCUT2D eigenvalue weighted by molar-refractivity contribution is 5.98. The molecule has 140 valence electrons. The highest BCUT2D eigenvalue weighted by atomic mass is 19.1. The van der Waals surface area contributed by atoms with Crippen molar-refractivity contribution < 1.29 is 18.8 Å². The molecule has 0 radical (unpaired) electrons. The third kappa shape index (κ3) is 3.53. The third-order valence-electron chi connectivity index (χ3n) is 4.76. The number of urea groups is 1. The number of halogens is 1. The number of rotatable bonds is 2. The predicted molar refractivity (Wildman–Crippen MR) is 92.8 cm³/mol. The SMILES string of the molecule is O=C1CC[C@H](C(=O)N2CCc3nc(-c4cccc(F)c4)[nH]c3C2)NC(=O)N1. The van der Waals surface area contributed by atoms with Crippen LogP contribution in [0.4, 0.5) is 9.18 Å². The molecule has 4 amide bonds. The van der Waals surface area contributed by atoms with Crippen LogP contribution in [0.15, 0.2) is 24.3 Å². The Morgan fingerprint density at radius 1 is 1.26 bits per heavy atom. The fourth-order valence-corrected chi connectivity index (χ4v) is 3.39. The molecule has 27 heavy (non-hydrogen) atoms. The van der Waals surface area contributed by atoms with Gasteiger partial charge in [0, 0.05) is 24.9 Å². The third-order valence-corrected chi connectivity index (χ3v) is 4.76. The Kier molecular flexibility index (Phi) is 4.35. The number of imidazole rings is 1. The minimum Gasteiger partial charge on any atom is -0.340 e. The zero-order chi connectivity index (χ0) is 19.0. The molecule has 1 aromatic heterocycles. The molecule has 8 nitrogen and oxygen atoms in total. The van der Waals surface area contributed by atoms with Gasteiger partial charge in [-0.25, -0.2) is 14.2 Å². The smallest absolute Gasteiger partial charge is 0.322 e. The number of carbonyl (C=O) groups excluding carboxylic acids is 3. The van der Waals surface area contributed by atoms with Gasteiger partial charge >= 0.3 is 6.03 Å². The zero-order valence-electron chi connectivity index (χ0n) is 14.4. The number of amides is 4. The average Bonchev–Trinajstić information content (AvgIpc) is 2.99. The van der Waals surface area contributed by atoms with Gasteiger partial charge in [-0.1, -0.05) is 12.1 Å². The number of carbonyl (C=O) groups is 3. The number of hydrogen-bond donors (Lipinski definition) is 3. The Labute approximate surface area is 154 Å². The van der Waals surface area contributed by atoms with Crippen LogP contribution in [0.5, 0.6) is 0 Å². The summed E-state index contributed by atoms with van der Waals surface area (Å²) in [6.45, 7) is 0.789. The van der Waals surface area contributed by atoms with Crippen molar-refractivity contribution in [2.75, 3.05) is 6.54 Å². The Morgan fingerprint density at radius 3 is 2.93 bits per heavy atom. The molecule has 2 aromatic rings. The maximum absolute atomic E-state index is 13.4. The quantitative estimate of drug-likeness (QED) is 0.734. The van der Waals surface area contributed by atoms with Crippen LogP contribution in [-0.2, 0) is 22.6 Å². The van der Waals surface area contributed by atoms with Crippen molar-refractivity contribution in [2.45, 2.75) is 31.8 Å². The largest absolute Gasteiger partial charge is 0.340 e. The second kappa shape index (κ2) is 6.82. The van der Waals surface area contributed by atoms with Gasteiger partial charge in [-0.15, -0.1) is 0 Å². The lowest BCUT2D eigenvalue weighted by molar-refractivity contribution is -0.134. The zero-order valence-corrected chi connectivity index (χ0v) is 14.4. The lowest BCUT2D eigenvalue weighted by atomic mass is 10.1. The first kappa shape index (κ1) is 17.2. The van der Waals surface area contributed by atoms with E-state index in [9.17, 15) is 18.8 Å². The molecule has 3 heterocycles. The normalized spacial score (nSPS) is 19.7. The van der Waals surface area contributed by atoms with Crippen molar-refractivity contribution in [3.8, 4) is 11.4 Å². The number of fused-ring (bicyclic) bond motifs is 1. The molecule has 9 heteroatoms. The maximum Gasteiger partial charge on any atom is 0.322 e. The summed E-state index contributed by atoms with van der Waals surface area (Å²) < 4.78 is 13.4. The van der Waals surface area contributed by atoms with E-state index in [4.69, 9.17) is 0 Å². The van der Waals surface area contributed by atoms with Crippen LogP contribution >= 0.6 is 0 Å². The summed E-state index contributed by atoms with van der Waals surface area (Å²) in [5.41, 5.74) is 2.28. The number of benzene rings is 1. The summed E-state index contributed by atoms with van der Waals surface area (Å²) in [4.78, 5) is 45.1. The summed E-state index contributed by atoms with van der Waals surface area (Å²) in [6.07, 6.45) is 0.935. The summed E-state index contributed by atoms with van der Waals surface area (Å²) in [7, 11) is 0. The number of nitrogens with one attached hydrogen (secondary N) is 3. The first-order chi connectivity index (χ1) is 13.0. The van der Waals surface area contributed by atoms with E-state index in [0.29, 0.717) is 30.9 Å². The highest BCUT2D eigenvalue weighted by Crippen LogP contribution is 2.24. The van der Waals surface area contributed by atoms with Crippen LogP contribution in [0.2, 0.25) is 0 Å². The fraction of sp³-hybridized carbons (Fsp3) is 0.333. The summed E-state index contributed by atoms with van der Waals surface area (Å²) in [5.74, 6) is -0.401. The molecule has 4 rings (SSSR count). The number of aromatic nitrogens is 2. The molecular formula is C18H18FN5O3. The summed E-state index contributed by atoms with van der Waals surface area (Å²) in [6, 6.07) is 4.77. The van der Waals surface area contributed by atoms with Crippen LogP contribution in [0.3, 0.4) is 0 Å². The fourth-order valence-electron chi connectivity index (χ4n) is 3.39. The van der Waals surface area contributed by atoms with Gasteiger partial charge in [0.1, 0.15) is 17.7 Å². The van der Waals surface area contributed by atoms with Gasteiger partial charge in [0.25, 0.3) is 0 Å². The van der Waals surface area contributed by atoms with E-state index in [0.717, 1.165) is 11.4 Å². The van der Waals surface area contributed by atoms with E-state index >= 15 is 0 Å². The van der Waals surface area contributed by atoms with Gasteiger partial charge in [0.05, 0.1) is 17.9 Å². The van der Waals surface area contributed by atoms with Crippen LogP contribution in [0, 0.1) is 5.82 Å². The molecule has 1 aromatic carbocycles. The van der Waals surface area contributed by atoms with Gasteiger partial charge in [-0.3, -0.25) is 14.9 Å². The minimum atomic E-state index is -0.733. The number of aromatic amines is 1. The minimum absolute atomic E-state index is 0.113. The first-order valence-electron chi connectivity index (χ1n) is 8.72. The monoisotopic (exact) mass is 371 g/mol. The number of nitrogens with zero attached hydrogens (tertiary/aromatic N) is 2. The molecule has 0 bridgehead atoms. The molecular weight excluding hydrogens is 353 g/mol. The van der Waals surface area contributed by atoms with Gasteiger partial charge in [0.15, 0.2) is 0 Å². The number of H-pyrrole nitrogens is 1. The lowest BCUT2D eigenvalue weighted by Crippen LogP contribution is -2.50. The summed E-state index contributed by atoms with van der Waals surface area (Å²) in [5, 5.41) is 4.70.